The van der Waals surface area contributed by atoms with Gasteiger partial charge in [-0.15, -0.1) is 24.0 Å². The minimum atomic E-state index is -4.19. The van der Waals surface area contributed by atoms with Crippen molar-refractivity contribution in [1.29, 1.82) is 0 Å². The summed E-state index contributed by atoms with van der Waals surface area (Å²) < 4.78 is 49.9. The zero-order valence-corrected chi connectivity index (χ0v) is 14.6. The van der Waals surface area contributed by atoms with E-state index in [1.54, 1.807) is 7.05 Å². The van der Waals surface area contributed by atoms with Crippen molar-refractivity contribution in [3.63, 3.8) is 0 Å². The van der Waals surface area contributed by atoms with Gasteiger partial charge in [-0.25, -0.2) is 0 Å². The third-order valence-corrected chi connectivity index (χ3v) is 3.44. The molecule has 0 aromatic carbocycles. The highest BCUT2D eigenvalue weighted by Crippen LogP contribution is 2.25. The maximum Gasteiger partial charge on any atom is 0.403 e. The highest BCUT2D eigenvalue weighted by molar-refractivity contribution is 14.0. The molecular formula is C12H23F4IN4. The smallest absolute Gasteiger partial charge is 0.356 e. The molecule has 1 aliphatic rings. The van der Waals surface area contributed by atoms with Gasteiger partial charge in [0.05, 0.1) is 6.67 Å². The van der Waals surface area contributed by atoms with E-state index in [-0.39, 0.29) is 24.0 Å². The van der Waals surface area contributed by atoms with Crippen molar-refractivity contribution in [2.24, 2.45) is 4.99 Å². The third kappa shape index (κ3) is 6.54. The Kier molecular flexibility index (Phi) is 9.50. The minimum absolute atomic E-state index is 0. The van der Waals surface area contributed by atoms with Crippen molar-refractivity contribution in [2.75, 3.05) is 46.4 Å². The number of halogens is 5. The second-order valence-electron chi connectivity index (χ2n) is 4.76. The lowest BCUT2D eigenvalue weighted by Crippen LogP contribution is -2.56. The first-order valence-electron chi connectivity index (χ1n) is 6.72. The van der Waals surface area contributed by atoms with E-state index in [1.165, 1.54) is 11.8 Å². The van der Waals surface area contributed by atoms with Crippen LogP contribution in [0.2, 0.25) is 0 Å². The first kappa shape index (κ1) is 20.7. The highest BCUT2D eigenvalue weighted by Gasteiger charge is 2.40. The fraction of sp³-hybridized carbons (Fsp3) is 0.917. The van der Waals surface area contributed by atoms with E-state index < -0.39 is 18.9 Å². The van der Waals surface area contributed by atoms with E-state index in [9.17, 15) is 17.6 Å². The second-order valence-corrected chi connectivity index (χ2v) is 4.76. The monoisotopic (exact) mass is 426 g/mol. The maximum absolute atomic E-state index is 12.6. The molecule has 0 aromatic rings. The molecule has 1 N–H and O–H groups in total. The third-order valence-electron chi connectivity index (χ3n) is 3.44. The quantitative estimate of drug-likeness (QED) is 0.246. The van der Waals surface area contributed by atoms with E-state index in [2.05, 4.69) is 10.3 Å². The van der Waals surface area contributed by atoms with Gasteiger partial charge in [-0.05, 0) is 13.3 Å². The van der Waals surface area contributed by atoms with Gasteiger partial charge in [0.25, 0.3) is 0 Å². The minimum Gasteiger partial charge on any atom is -0.356 e. The molecule has 1 saturated heterocycles. The Morgan fingerprint density at radius 2 is 1.81 bits per heavy atom. The van der Waals surface area contributed by atoms with Crippen LogP contribution in [0.5, 0.6) is 0 Å². The van der Waals surface area contributed by atoms with Crippen LogP contribution in [0.25, 0.3) is 0 Å². The second kappa shape index (κ2) is 9.65. The van der Waals surface area contributed by atoms with Gasteiger partial charge < -0.3 is 10.2 Å². The van der Waals surface area contributed by atoms with Crippen LogP contribution in [-0.4, -0.2) is 74.4 Å². The summed E-state index contributed by atoms with van der Waals surface area (Å²) in [6.07, 6.45) is -3.80. The Bertz CT molecular complexity index is 317. The van der Waals surface area contributed by atoms with Gasteiger partial charge in [0.15, 0.2) is 5.96 Å². The number of piperazine rings is 1. The largest absolute Gasteiger partial charge is 0.403 e. The van der Waals surface area contributed by atoms with Crippen molar-refractivity contribution < 1.29 is 17.6 Å². The number of aliphatic imine (C=N–C) groups is 1. The van der Waals surface area contributed by atoms with Gasteiger partial charge >= 0.3 is 6.18 Å². The first-order chi connectivity index (χ1) is 9.40. The number of hydrogen-bond donors (Lipinski definition) is 1. The lowest BCUT2D eigenvalue weighted by molar-refractivity contribution is -0.181. The molecule has 0 radical (unpaired) electrons. The molecule has 126 valence electrons. The summed E-state index contributed by atoms with van der Waals surface area (Å²) in [6.45, 7) is 2.90. The van der Waals surface area contributed by atoms with Crippen LogP contribution in [0.3, 0.4) is 0 Å². The van der Waals surface area contributed by atoms with Crippen LogP contribution in [0.1, 0.15) is 13.3 Å². The van der Waals surface area contributed by atoms with E-state index in [0.717, 1.165) is 0 Å². The lowest BCUT2D eigenvalue weighted by atomic mass is 10.2. The molecule has 1 fully saturated rings. The first-order valence-corrected chi connectivity index (χ1v) is 6.72. The van der Waals surface area contributed by atoms with E-state index in [1.807, 2.05) is 4.90 Å². The normalized spacial score (nSPS) is 19.1. The van der Waals surface area contributed by atoms with Gasteiger partial charge in [0.1, 0.15) is 6.04 Å². The summed E-state index contributed by atoms with van der Waals surface area (Å²) in [4.78, 5) is 7.39. The number of guanidine groups is 1. The number of hydrogen-bond acceptors (Lipinski definition) is 2. The molecule has 1 rings (SSSR count). The standard InChI is InChI=1S/C12H22F4N4.HI/c1-10(12(14,15)16)19-6-8-20(9-7-19)11(17-2)18-5-3-4-13;/h10H,3-9H2,1-2H3,(H,17,18);1H. The Morgan fingerprint density at radius 1 is 1.24 bits per heavy atom. The molecule has 4 nitrogen and oxygen atoms in total. The average Bonchev–Trinajstić information content (AvgIpc) is 2.42. The molecule has 1 atom stereocenters. The van der Waals surface area contributed by atoms with Gasteiger partial charge in [-0.1, -0.05) is 0 Å². The summed E-state index contributed by atoms with van der Waals surface area (Å²) in [7, 11) is 1.61. The van der Waals surface area contributed by atoms with Crippen molar-refractivity contribution in [2.45, 2.75) is 25.6 Å². The molecule has 1 unspecified atom stereocenters. The number of nitrogens with one attached hydrogen (secondary N) is 1. The summed E-state index contributed by atoms with van der Waals surface area (Å²) in [5.74, 6) is 0.623. The van der Waals surface area contributed by atoms with E-state index >= 15 is 0 Å². The molecule has 21 heavy (non-hydrogen) atoms. The van der Waals surface area contributed by atoms with Crippen LogP contribution >= 0.6 is 24.0 Å². The van der Waals surface area contributed by atoms with Crippen molar-refractivity contribution in [1.82, 2.24) is 15.1 Å². The SMILES string of the molecule is CN=C(NCCCF)N1CCN(C(C)C(F)(F)F)CC1.I. The van der Waals surface area contributed by atoms with E-state index in [0.29, 0.717) is 45.1 Å². The van der Waals surface area contributed by atoms with Crippen LogP contribution in [0.4, 0.5) is 17.6 Å². The molecule has 0 saturated carbocycles. The molecule has 1 heterocycles. The fourth-order valence-corrected chi connectivity index (χ4v) is 2.13. The zero-order chi connectivity index (χ0) is 15.2. The van der Waals surface area contributed by atoms with Gasteiger partial charge in [0, 0.05) is 39.8 Å². The van der Waals surface area contributed by atoms with Crippen molar-refractivity contribution >= 4 is 29.9 Å². The molecule has 0 bridgehead atoms. The molecule has 1 aliphatic heterocycles. The molecule has 9 heteroatoms. The number of rotatable bonds is 4. The summed E-state index contributed by atoms with van der Waals surface area (Å²) >= 11 is 0. The topological polar surface area (TPSA) is 30.9 Å². The average molecular weight is 426 g/mol. The summed E-state index contributed by atoms with van der Waals surface area (Å²) in [6, 6.07) is -1.42. The highest BCUT2D eigenvalue weighted by atomic mass is 127. The molecule has 0 amide bonds. The lowest BCUT2D eigenvalue weighted by Gasteiger charge is -2.39. The zero-order valence-electron chi connectivity index (χ0n) is 12.3. The molecular weight excluding hydrogens is 403 g/mol. The molecule has 0 spiro atoms. The molecule has 0 aliphatic carbocycles. The van der Waals surface area contributed by atoms with Crippen molar-refractivity contribution in [3.8, 4) is 0 Å². The Labute approximate surface area is 140 Å². The van der Waals surface area contributed by atoms with Gasteiger partial charge in [-0.2, -0.15) is 13.2 Å². The van der Waals surface area contributed by atoms with Gasteiger partial charge in [0.2, 0.25) is 0 Å². The Balaban J connectivity index is 0.00000400. The summed E-state index contributed by atoms with van der Waals surface area (Å²) in [5.41, 5.74) is 0. The predicted molar refractivity (Wildman–Crippen MR) is 86.0 cm³/mol. The van der Waals surface area contributed by atoms with Crippen molar-refractivity contribution in [3.05, 3.63) is 0 Å². The Morgan fingerprint density at radius 3 is 2.24 bits per heavy atom. The fourth-order valence-electron chi connectivity index (χ4n) is 2.13. The van der Waals surface area contributed by atoms with Crippen LogP contribution < -0.4 is 5.32 Å². The predicted octanol–water partition coefficient (Wildman–Crippen LogP) is 2.11. The Hall–Kier alpha value is -0.320. The van der Waals surface area contributed by atoms with Gasteiger partial charge in [-0.3, -0.25) is 14.3 Å². The molecule has 0 aromatic heterocycles. The van der Waals surface area contributed by atoms with Crippen LogP contribution in [0, 0.1) is 0 Å². The number of nitrogens with zero attached hydrogens (tertiary/aromatic N) is 3. The maximum atomic E-state index is 12.6. The summed E-state index contributed by atoms with van der Waals surface area (Å²) in [5, 5.41) is 3.01. The van der Waals surface area contributed by atoms with E-state index in [4.69, 9.17) is 0 Å². The van der Waals surface area contributed by atoms with Crippen LogP contribution in [0.15, 0.2) is 4.99 Å². The van der Waals surface area contributed by atoms with Crippen LogP contribution in [-0.2, 0) is 0 Å². The number of alkyl halides is 4.